The van der Waals surface area contributed by atoms with Crippen molar-refractivity contribution in [2.24, 2.45) is 0 Å². The number of hydrogen-bond acceptors (Lipinski definition) is 18. The molecule has 21 nitrogen and oxygen atoms in total. The van der Waals surface area contributed by atoms with Crippen LogP contribution in [-0.4, -0.2) is 119 Å². The van der Waals surface area contributed by atoms with Crippen molar-refractivity contribution in [3.05, 3.63) is 83.5 Å². The third-order valence-electron chi connectivity index (χ3n) is 11.4. The zero-order chi connectivity index (χ0) is 53.9. The molecule has 0 aromatic carbocycles. The lowest BCUT2D eigenvalue weighted by Gasteiger charge is -2.21. The van der Waals surface area contributed by atoms with Gasteiger partial charge in [-0.25, -0.2) is 13.9 Å². The Morgan fingerprint density at radius 2 is 1.32 bits per heavy atom. The van der Waals surface area contributed by atoms with Gasteiger partial charge in [-0.15, -0.1) is 0 Å². The van der Waals surface area contributed by atoms with Crippen molar-refractivity contribution in [2.75, 3.05) is 25.6 Å². The van der Waals surface area contributed by atoms with Crippen LogP contribution in [0.15, 0.2) is 77.8 Å². The van der Waals surface area contributed by atoms with E-state index in [1.54, 1.807) is 42.5 Å². The number of ether oxygens (including phenoxy) is 3. The largest absolute Gasteiger partial charge is 0.481 e. The molecule has 9 N–H and O–H groups in total. The Bertz CT molecular complexity index is 2010. The predicted molar refractivity (Wildman–Crippen MR) is 274 cm³/mol. The Morgan fingerprint density at radius 3 is 1.97 bits per heavy atom. The van der Waals surface area contributed by atoms with Crippen molar-refractivity contribution in [2.45, 2.75) is 198 Å². The van der Waals surface area contributed by atoms with Gasteiger partial charge in [0.25, 0.3) is 0 Å². The smallest absolute Gasteiger partial charge is 0.462 e. The summed E-state index contributed by atoms with van der Waals surface area (Å²) in [6.07, 6.45) is 25.1. The van der Waals surface area contributed by atoms with Crippen LogP contribution < -0.4 is 11.4 Å². The number of nitrogens with two attached hydrogens (primary N) is 1. The van der Waals surface area contributed by atoms with Crippen molar-refractivity contribution < 1.29 is 81.6 Å². The van der Waals surface area contributed by atoms with Crippen LogP contribution in [0.2, 0.25) is 0 Å². The fourth-order valence-electron chi connectivity index (χ4n) is 7.28. The van der Waals surface area contributed by atoms with E-state index in [2.05, 4.69) is 35.3 Å². The lowest BCUT2D eigenvalue weighted by Crippen LogP contribution is -2.36. The van der Waals surface area contributed by atoms with E-state index >= 15 is 0 Å². The van der Waals surface area contributed by atoms with Gasteiger partial charge in [-0.3, -0.25) is 23.2 Å². The van der Waals surface area contributed by atoms with Crippen LogP contribution in [0.3, 0.4) is 0 Å². The molecule has 1 aliphatic heterocycles. The van der Waals surface area contributed by atoms with Gasteiger partial charge >= 0.3 is 33.3 Å². The van der Waals surface area contributed by atoms with Crippen LogP contribution in [0, 0.1) is 0 Å². The minimum absolute atomic E-state index is 0.00842. The molecule has 23 heteroatoms. The molecule has 1 fully saturated rings. The molecular formula is C50H83N3O18P2. The number of allylic oxidation sites excluding steroid dienone is 8. The molecule has 416 valence electrons. The number of nitrogens with zero attached hydrogens (tertiary/aromatic N) is 2. The highest BCUT2D eigenvalue weighted by molar-refractivity contribution is 7.61. The van der Waals surface area contributed by atoms with Crippen LogP contribution >= 0.6 is 15.6 Å². The van der Waals surface area contributed by atoms with E-state index < -0.39 is 102 Å². The predicted octanol–water partition coefficient (Wildman–Crippen LogP) is 7.25. The molecule has 0 aliphatic carbocycles. The molecule has 2 unspecified atom stereocenters. The number of esters is 2. The highest BCUT2D eigenvalue weighted by Crippen LogP contribution is 2.60. The van der Waals surface area contributed by atoms with Gasteiger partial charge < -0.3 is 55.3 Å². The first-order chi connectivity index (χ1) is 34.9. The number of aliphatic hydroxyl groups is 5. The Balaban J connectivity index is 1.89. The molecule has 73 heavy (non-hydrogen) atoms. The van der Waals surface area contributed by atoms with Gasteiger partial charge in [0.2, 0.25) is 0 Å². The Morgan fingerprint density at radius 1 is 0.740 bits per heavy atom. The molecule has 2 rings (SSSR count). The van der Waals surface area contributed by atoms with Gasteiger partial charge in [0.05, 0.1) is 31.5 Å². The third kappa shape index (κ3) is 30.5. The summed E-state index contributed by atoms with van der Waals surface area (Å²) in [5, 5.41) is 51.6. The molecule has 10 atom stereocenters. The van der Waals surface area contributed by atoms with E-state index in [1.165, 1.54) is 50.7 Å². The highest BCUT2D eigenvalue weighted by Gasteiger charge is 2.46. The summed E-state index contributed by atoms with van der Waals surface area (Å²) in [5.41, 5.74) is 4.55. The van der Waals surface area contributed by atoms with Crippen molar-refractivity contribution in [1.29, 1.82) is 0 Å². The number of phosphoric acid groups is 2. The molecule has 0 amide bonds. The Kier molecular flexibility index (Phi) is 34.0. The van der Waals surface area contributed by atoms with Crippen LogP contribution in [0.5, 0.6) is 0 Å². The van der Waals surface area contributed by atoms with Gasteiger partial charge in [-0.1, -0.05) is 145 Å². The molecule has 1 aliphatic rings. The van der Waals surface area contributed by atoms with E-state index in [1.807, 2.05) is 0 Å². The third-order valence-corrected chi connectivity index (χ3v) is 14.0. The van der Waals surface area contributed by atoms with Crippen LogP contribution in [0.25, 0.3) is 0 Å². The second-order valence-electron chi connectivity index (χ2n) is 17.9. The summed E-state index contributed by atoms with van der Waals surface area (Å²) in [4.78, 5) is 61.9. The molecule has 1 aromatic heterocycles. The van der Waals surface area contributed by atoms with Gasteiger partial charge in [-0.05, 0) is 57.4 Å². The minimum atomic E-state index is -5.50. The summed E-state index contributed by atoms with van der Waals surface area (Å²) < 4.78 is 56.5. The van der Waals surface area contributed by atoms with E-state index in [0.717, 1.165) is 68.6 Å². The second-order valence-corrected chi connectivity index (χ2v) is 20.9. The van der Waals surface area contributed by atoms with E-state index in [9.17, 15) is 58.8 Å². The first kappa shape index (κ1) is 65.5. The number of anilines is 1. The number of carbonyl (C=O) groups is 2. The number of aliphatic hydroxyl groups excluding tert-OH is 5. The highest BCUT2D eigenvalue weighted by atomic mass is 31.3. The van der Waals surface area contributed by atoms with Crippen molar-refractivity contribution in [3.63, 3.8) is 0 Å². The van der Waals surface area contributed by atoms with Gasteiger partial charge in [0, 0.05) is 19.0 Å². The zero-order valence-corrected chi connectivity index (χ0v) is 44.3. The summed E-state index contributed by atoms with van der Waals surface area (Å²) >= 11 is 0. The normalized spacial score (nSPS) is 20.8. The fraction of sp³-hybridized carbons (Fsp3) is 0.680. The van der Waals surface area contributed by atoms with E-state index in [-0.39, 0.29) is 31.5 Å². The zero-order valence-electron chi connectivity index (χ0n) is 42.5. The summed E-state index contributed by atoms with van der Waals surface area (Å²) in [6.45, 7) is 1.70. The van der Waals surface area contributed by atoms with E-state index in [4.69, 9.17) is 29.0 Å². The number of carbonyl (C=O) groups excluding carboxylic acids is 2. The van der Waals surface area contributed by atoms with Gasteiger partial charge in [-0.2, -0.15) is 9.29 Å². The number of hydrogen-bond donors (Lipinski definition) is 8. The maximum absolute atomic E-state index is 12.9. The van der Waals surface area contributed by atoms with Crippen molar-refractivity contribution in [1.82, 2.24) is 9.55 Å². The lowest BCUT2D eigenvalue weighted by molar-refractivity contribution is -0.161. The second kappa shape index (κ2) is 38.0. The molecule has 0 saturated carbocycles. The van der Waals surface area contributed by atoms with Crippen LogP contribution in [-0.2, 0) is 46.3 Å². The number of rotatable bonds is 41. The molecule has 0 spiro atoms. The number of phosphoric ester groups is 2. The number of unbranched alkanes of at least 4 members (excludes halogenated alkanes) is 13. The first-order valence-corrected chi connectivity index (χ1v) is 28.6. The van der Waals surface area contributed by atoms with Crippen LogP contribution in [0.4, 0.5) is 5.82 Å². The van der Waals surface area contributed by atoms with Crippen LogP contribution in [0.1, 0.15) is 155 Å². The lowest BCUT2D eigenvalue weighted by atomic mass is 10.1. The van der Waals surface area contributed by atoms with Crippen molar-refractivity contribution >= 4 is 33.4 Å². The molecule has 1 saturated heterocycles. The number of aromatic nitrogens is 2. The summed E-state index contributed by atoms with van der Waals surface area (Å²) in [5.74, 6) is -1.66. The maximum atomic E-state index is 12.9. The monoisotopic (exact) mass is 1080 g/mol. The Labute approximate surface area is 430 Å². The minimum Gasteiger partial charge on any atom is -0.462 e. The topological polar surface area (TPSA) is 326 Å². The average molecular weight is 1080 g/mol. The summed E-state index contributed by atoms with van der Waals surface area (Å²) in [6, 6.07) is 1.23. The quantitative estimate of drug-likeness (QED) is 0.0105. The molecule has 0 bridgehead atoms. The Hall–Kier alpha value is -3.66. The maximum Gasteiger partial charge on any atom is 0.481 e. The standard InChI is InChI=1S/C50H83N3O18P2/c1-3-5-7-8-9-10-11-12-13-14-15-16-17-22-26-32-46(58)69-40(36-66-45(57)33-27-31-42(56)41(55)30-25-21-19-18-20-24-29-39(54)28-23-6-4-2)37-67-72(62,63)71-73(64,65)68-38-43-47(59)48(60)49(70-43)53-35-34-44(51)52-50(53)61/h12-13,18-21,24-25,29-30,34-35,39-43,47-49,54-56,59-60H,3-11,14-17,22-23,26-28,31-33,36-38H2,1-2H3,(H,62,63)(H,64,65)(H2,51,52,61)/b13-12-,20-18-,21-19+,29-24+,30-25+/t39-,40-,41-,42-,43-,47-,48-,49-/m1/s1. The van der Waals surface area contributed by atoms with Gasteiger partial charge in [0.1, 0.15) is 30.7 Å². The number of nitrogen functional groups attached to an aromatic ring is 1. The molecular weight excluding hydrogens is 993 g/mol. The van der Waals surface area contributed by atoms with E-state index in [0.29, 0.717) is 12.8 Å². The average Bonchev–Trinajstić information content (AvgIpc) is 3.62. The molecule has 2 heterocycles. The van der Waals surface area contributed by atoms with Crippen molar-refractivity contribution in [3.8, 4) is 0 Å². The SMILES string of the molecule is CCCCCCCC/C=C\CCCCCCCC(=O)O[C@H](COC(=O)CCC[C@@H](O)[C@H](O)/C=C/C=C/C=C\C=C\[C@H](O)CCCCC)COP(=O)(O)OP(=O)(O)OC[C@H]1O[C@@H](n2ccc(N)nc2=O)[C@H](O)[C@@H]1O. The fourth-order valence-corrected chi connectivity index (χ4v) is 9.39. The molecule has 1 aromatic rings. The first-order valence-electron chi connectivity index (χ1n) is 25.6. The summed E-state index contributed by atoms with van der Waals surface area (Å²) in [7, 11) is -11.0. The van der Waals surface area contributed by atoms with Gasteiger partial charge in [0.15, 0.2) is 12.3 Å². The molecule has 0 radical (unpaired) electrons.